The Hall–Kier alpha value is -2.30. The molecular formula is C17H12Cl2N2O2. The number of fused-ring (bicyclic) bond motifs is 1. The molecule has 23 heavy (non-hydrogen) atoms. The maximum absolute atomic E-state index is 12.4. The molecule has 2 aromatic carbocycles. The van der Waals surface area contributed by atoms with E-state index in [-0.39, 0.29) is 11.1 Å². The van der Waals surface area contributed by atoms with Crippen LogP contribution in [0.4, 0.5) is 5.69 Å². The molecule has 3 aromatic rings. The maximum atomic E-state index is 12.4. The van der Waals surface area contributed by atoms with E-state index in [1.54, 1.807) is 24.3 Å². The second-order valence-corrected chi connectivity index (χ2v) is 5.96. The van der Waals surface area contributed by atoms with Gasteiger partial charge in [0.2, 0.25) is 5.55 Å². The molecule has 0 aliphatic heterocycles. The quantitative estimate of drug-likeness (QED) is 0.701. The van der Waals surface area contributed by atoms with Crippen molar-refractivity contribution in [1.29, 1.82) is 5.41 Å². The molecule has 0 bridgehead atoms. The number of aryl methyl sites for hydroxylation is 1. The molecule has 116 valence electrons. The fourth-order valence-electron chi connectivity index (χ4n) is 2.18. The molecule has 0 aliphatic rings. The van der Waals surface area contributed by atoms with Gasteiger partial charge in [-0.15, -0.1) is 0 Å². The lowest BCUT2D eigenvalue weighted by atomic mass is 10.1. The molecule has 3 rings (SSSR count). The first-order chi connectivity index (χ1) is 10.9. The minimum Gasteiger partial charge on any atom is -0.437 e. The Bertz CT molecular complexity index is 963. The number of hydrogen-bond donors (Lipinski definition) is 2. The van der Waals surface area contributed by atoms with Crippen LogP contribution in [0, 0.1) is 12.3 Å². The summed E-state index contributed by atoms with van der Waals surface area (Å²) in [5, 5.41) is 11.9. The van der Waals surface area contributed by atoms with E-state index >= 15 is 0 Å². The molecule has 1 heterocycles. The van der Waals surface area contributed by atoms with Crippen LogP contribution >= 0.6 is 23.2 Å². The van der Waals surface area contributed by atoms with Gasteiger partial charge in [-0.05, 0) is 37.3 Å². The van der Waals surface area contributed by atoms with Gasteiger partial charge in [-0.3, -0.25) is 10.2 Å². The van der Waals surface area contributed by atoms with Gasteiger partial charge in [-0.1, -0.05) is 40.9 Å². The topological polar surface area (TPSA) is 66.1 Å². The van der Waals surface area contributed by atoms with Crippen molar-refractivity contribution in [1.82, 2.24) is 0 Å². The van der Waals surface area contributed by atoms with Crippen molar-refractivity contribution in [2.24, 2.45) is 0 Å². The van der Waals surface area contributed by atoms with Gasteiger partial charge in [0, 0.05) is 16.1 Å². The number of amides is 1. The van der Waals surface area contributed by atoms with Crippen molar-refractivity contribution in [2.75, 3.05) is 5.32 Å². The van der Waals surface area contributed by atoms with Gasteiger partial charge < -0.3 is 9.73 Å². The third-order valence-electron chi connectivity index (χ3n) is 3.34. The van der Waals surface area contributed by atoms with E-state index in [9.17, 15) is 4.79 Å². The first-order valence-electron chi connectivity index (χ1n) is 6.79. The number of carbonyl (C=O) groups is 1. The normalized spacial score (nSPS) is 10.7. The Kier molecular flexibility index (Phi) is 4.11. The van der Waals surface area contributed by atoms with E-state index < -0.39 is 5.91 Å². The summed E-state index contributed by atoms with van der Waals surface area (Å²) in [6.07, 6.45) is 0. The molecule has 1 aromatic heterocycles. The number of rotatable bonds is 2. The standard InChI is InChI=1S/C17H12Cl2N2O2/c1-9-2-4-12(5-3-9)21-17(22)13-7-10-6-11(18)8-14(19)15(10)23-16(13)20/h2-8,20H,1H3,(H,21,22). The molecule has 0 spiro atoms. The van der Waals surface area contributed by atoms with Gasteiger partial charge in [-0.25, -0.2) is 0 Å². The number of anilines is 1. The molecule has 2 N–H and O–H groups in total. The third-order valence-corrected chi connectivity index (χ3v) is 3.84. The zero-order valence-electron chi connectivity index (χ0n) is 12.1. The van der Waals surface area contributed by atoms with Crippen LogP contribution in [0.2, 0.25) is 10.0 Å². The summed E-state index contributed by atoms with van der Waals surface area (Å²) in [6, 6.07) is 12.1. The van der Waals surface area contributed by atoms with E-state index in [1.165, 1.54) is 6.07 Å². The largest absolute Gasteiger partial charge is 0.437 e. The van der Waals surface area contributed by atoms with E-state index in [4.69, 9.17) is 33.0 Å². The fraction of sp³-hybridized carbons (Fsp3) is 0.0588. The van der Waals surface area contributed by atoms with Crippen LogP contribution in [0.3, 0.4) is 0 Å². The van der Waals surface area contributed by atoms with Crippen molar-refractivity contribution < 1.29 is 9.21 Å². The van der Waals surface area contributed by atoms with Crippen molar-refractivity contribution in [2.45, 2.75) is 6.92 Å². The highest BCUT2D eigenvalue weighted by Gasteiger charge is 2.14. The van der Waals surface area contributed by atoms with Gasteiger partial charge in [0.1, 0.15) is 5.56 Å². The number of halogens is 2. The Balaban J connectivity index is 2.01. The predicted octanol–water partition coefficient (Wildman–Crippen LogP) is 4.78. The Morgan fingerprint density at radius 2 is 1.83 bits per heavy atom. The molecule has 0 radical (unpaired) electrons. The minimum atomic E-state index is -0.430. The van der Waals surface area contributed by atoms with Gasteiger partial charge in [0.25, 0.3) is 5.91 Å². The zero-order chi connectivity index (χ0) is 16.6. The summed E-state index contributed by atoms with van der Waals surface area (Å²) in [5.41, 5.74) is 1.91. The number of nitrogens with one attached hydrogen (secondary N) is 2. The highest BCUT2D eigenvalue weighted by atomic mass is 35.5. The highest BCUT2D eigenvalue weighted by molar-refractivity contribution is 6.38. The Labute approximate surface area is 142 Å². The molecule has 0 aliphatic carbocycles. The van der Waals surface area contributed by atoms with Crippen LogP contribution in [0.15, 0.2) is 46.9 Å². The van der Waals surface area contributed by atoms with Gasteiger partial charge >= 0.3 is 0 Å². The first-order valence-corrected chi connectivity index (χ1v) is 7.55. The molecule has 0 saturated heterocycles. The van der Waals surface area contributed by atoms with Gasteiger partial charge in [-0.2, -0.15) is 0 Å². The van der Waals surface area contributed by atoms with Crippen molar-refractivity contribution in [3.05, 3.63) is 69.2 Å². The highest BCUT2D eigenvalue weighted by Crippen LogP contribution is 2.27. The average molecular weight is 347 g/mol. The summed E-state index contributed by atoms with van der Waals surface area (Å²) < 4.78 is 5.37. The molecule has 4 nitrogen and oxygen atoms in total. The molecule has 1 amide bonds. The minimum absolute atomic E-state index is 0.108. The lowest BCUT2D eigenvalue weighted by Crippen LogP contribution is -2.20. The van der Waals surface area contributed by atoms with Crippen LogP contribution in [0.1, 0.15) is 15.9 Å². The lowest BCUT2D eigenvalue weighted by molar-refractivity contribution is 0.102. The average Bonchev–Trinajstić information content (AvgIpc) is 2.50. The Morgan fingerprint density at radius 3 is 2.52 bits per heavy atom. The first kappa shape index (κ1) is 15.6. The predicted molar refractivity (Wildman–Crippen MR) is 91.2 cm³/mol. The molecule has 0 atom stereocenters. The summed E-state index contributed by atoms with van der Waals surface area (Å²) in [4.78, 5) is 12.4. The molecular weight excluding hydrogens is 335 g/mol. The molecule has 0 fully saturated rings. The molecule has 0 saturated carbocycles. The molecule has 0 unspecified atom stereocenters. The van der Waals surface area contributed by atoms with Crippen LogP contribution in [-0.4, -0.2) is 5.91 Å². The number of carbonyl (C=O) groups excluding carboxylic acids is 1. The maximum Gasteiger partial charge on any atom is 0.261 e. The zero-order valence-corrected chi connectivity index (χ0v) is 13.6. The van der Waals surface area contributed by atoms with E-state index in [0.717, 1.165) is 5.56 Å². The van der Waals surface area contributed by atoms with Crippen LogP contribution in [0.5, 0.6) is 0 Å². The summed E-state index contributed by atoms with van der Waals surface area (Å²) in [5.74, 6) is -0.430. The van der Waals surface area contributed by atoms with Crippen LogP contribution in [0.25, 0.3) is 11.0 Å². The Morgan fingerprint density at radius 1 is 1.13 bits per heavy atom. The van der Waals surface area contributed by atoms with Crippen molar-refractivity contribution in [3.63, 3.8) is 0 Å². The smallest absolute Gasteiger partial charge is 0.261 e. The van der Waals surface area contributed by atoms with E-state index in [0.29, 0.717) is 26.7 Å². The summed E-state index contributed by atoms with van der Waals surface area (Å²) in [7, 11) is 0. The fourth-order valence-corrected chi connectivity index (χ4v) is 2.72. The second kappa shape index (κ2) is 6.07. The third kappa shape index (κ3) is 3.23. The van der Waals surface area contributed by atoms with E-state index in [2.05, 4.69) is 5.32 Å². The van der Waals surface area contributed by atoms with E-state index in [1.807, 2.05) is 19.1 Å². The number of hydrogen-bond acceptors (Lipinski definition) is 3. The summed E-state index contributed by atoms with van der Waals surface area (Å²) >= 11 is 12.0. The van der Waals surface area contributed by atoms with Crippen LogP contribution < -0.4 is 10.9 Å². The number of benzene rings is 2. The van der Waals surface area contributed by atoms with Gasteiger partial charge in [0.15, 0.2) is 5.58 Å². The monoisotopic (exact) mass is 346 g/mol. The van der Waals surface area contributed by atoms with Crippen LogP contribution in [-0.2, 0) is 0 Å². The molecule has 6 heteroatoms. The second-order valence-electron chi connectivity index (χ2n) is 5.12. The summed E-state index contributed by atoms with van der Waals surface area (Å²) in [6.45, 7) is 1.96. The lowest BCUT2D eigenvalue weighted by Gasteiger charge is -2.07. The SMILES string of the molecule is Cc1ccc(NC(=O)c2cc3cc(Cl)cc(Cl)c3oc2=N)cc1. The van der Waals surface area contributed by atoms with Crippen molar-refractivity contribution in [3.8, 4) is 0 Å². The van der Waals surface area contributed by atoms with Gasteiger partial charge in [0.05, 0.1) is 5.02 Å². The van der Waals surface area contributed by atoms with Crippen molar-refractivity contribution >= 4 is 45.8 Å².